The number of nitrogens with one attached hydrogen (secondary N) is 2. The highest BCUT2D eigenvalue weighted by molar-refractivity contribution is 7.89. The molecule has 0 atom stereocenters. The van der Waals surface area contributed by atoms with Crippen LogP contribution in [0.2, 0.25) is 0 Å². The van der Waals surface area contributed by atoms with Crippen molar-refractivity contribution in [2.75, 3.05) is 27.2 Å². The third kappa shape index (κ3) is 5.25. The van der Waals surface area contributed by atoms with E-state index in [1.165, 1.54) is 12.1 Å². The Balaban J connectivity index is 2.29. The van der Waals surface area contributed by atoms with Crippen molar-refractivity contribution in [3.63, 3.8) is 0 Å². The van der Waals surface area contributed by atoms with E-state index in [2.05, 4.69) is 4.72 Å². The number of nitro groups is 1. The molecule has 0 aliphatic carbocycles. The van der Waals surface area contributed by atoms with Crippen LogP contribution in [0.3, 0.4) is 0 Å². The molecule has 0 aromatic heterocycles. The minimum absolute atomic E-state index is 0.0164. The van der Waals surface area contributed by atoms with E-state index < -0.39 is 20.6 Å². The van der Waals surface area contributed by atoms with Crippen molar-refractivity contribution in [1.29, 1.82) is 0 Å². The zero-order valence-electron chi connectivity index (χ0n) is 14.9. The van der Waals surface area contributed by atoms with E-state index in [-0.39, 0.29) is 17.2 Å². The van der Waals surface area contributed by atoms with Crippen molar-refractivity contribution >= 4 is 15.7 Å². The van der Waals surface area contributed by atoms with Crippen molar-refractivity contribution < 1.29 is 23.0 Å². The van der Waals surface area contributed by atoms with Crippen LogP contribution >= 0.6 is 0 Å². The number of nitrogens with zero attached hydrogens (tertiary/aromatic N) is 1. The molecule has 0 aliphatic heterocycles. The molecule has 2 rings (SSSR count). The molecule has 9 heteroatoms. The molecule has 2 N–H and O–H groups in total. The van der Waals surface area contributed by atoms with Gasteiger partial charge in [-0.25, -0.2) is 13.1 Å². The first-order valence-corrected chi connectivity index (χ1v) is 9.49. The molecule has 0 aliphatic rings. The second kappa shape index (κ2) is 8.26. The summed E-state index contributed by atoms with van der Waals surface area (Å²) in [5, 5.41) is 11.4. The maximum absolute atomic E-state index is 12.3. The van der Waals surface area contributed by atoms with Gasteiger partial charge in [-0.3, -0.25) is 10.1 Å². The van der Waals surface area contributed by atoms with E-state index in [0.717, 1.165) is 16.5 Å². The van der Waals surface area contributed by atoms with E-state index in [1.54, 1.807) is 18.2 Å². The fraction of sp³-hybridized carbons (Fsp3) is 0.294. The Kier molecular flexibility index (Phi) is 6.30. The summed E-state index contributed by atoms with van der Waals surface area (Å²) in [5.41, 5.74) is 0.532. The normalized spacial score (nSPS) is 11.5. The molecular formula is C17H22N3O5S+. The Labute approximate surface area is 152 Å². The van der Waals surface area contributed by atoms with Gasteiger partial charge in [0.05, 0.1) is 37.0 Å². The van der Waals surface area contributed by atoms with Gasteiger partial charge in [-0.15, -0.1) is 0 Å². The smallest absolute Gasteiger partial charge is 0.312 e. The summed E-state index contributed by atoms with van der Waals surface area (Å²) in [6.45, 7) is 2.70. The summed E-state index contributed by atoms with van der Waals surface area (Å²) in [5.74, 6) is 0.424. The van der Waals surface area contributed by atoms with Gasteiger partial charge in [-0.2, -0.15) is 0 Å². The Morgan fingerprint density at radius 3 is 2.54 bits per heavy atom. The Hall–Kier alpha value is -2.49. The zero-order chi connectivity index (χ0) is 19.3. The lowest BCUT2D eigenvalue weighted by Gasteiger charge is -2.11. The number of aryl methyl sites for hydroxylation is 1. The lowest BCUT2D eigenvalue weighted by molar-refractivity contribution is -0.856. The summed E-state index contributed by atoms with van der Waals surface area (Å²) >= 11 is 0. The van der Waals surface area contributed by atoms with Crippen LogP contribution in [0.4, 0.5) is 5.69 Å². The second-order valence-corrected chi connectivity index (χ2v) is 7.93. The molecule has 0 saturated heterocycles. The van der Waals surface area contributed by atoms with E-state index >= 15 is 0 Å². The highest BCUT2D eigenvalue weighted by Crippen LogP contribution is 2.33. The van der Waals surface area contributed by atoms with Crippen LogP contribution in [-0.2, 0) is 10.0 Å². The fourth-order valence-electron chi connectivity index (χ4n) is 2.22. The minimum Gasteiger partial charge on any atom is -0.450 e. The highest BCUT2D eigenvalue weighted by Gasteiger charge is 2.22. The third-order valence-electron chi connectivity index (χ3n) is 3.57. The number of rotatable bonds is 8. The number of ether oxygens (including phenoxy) is 1. The van der Waals surface area contributed by atoms with Crippen molar-refractivity contribution in [1.82, 2.24) is 4.72 Å². The van der Waals surface area contributed by atoms with Gasteiger partial charge in [-0.05, 0) is 36.8 Å². The highest BCUT2D eigenvalue weighted by atomic mass is 32.2. The molecule has 26 heavy (non-hydrogen) atoms. The lowest BCUT2D eigenvalue weighted by atomic mass is 10.2. The maximum atomic E-state index is 12.3. The summed E-state index contributed by atoms with van der Waals surface area (Å²) in [6, 6.07) is 10.7. The monoisotopic (exact) mass is 380 g/mol. The lowest BCUT2D eigenvalue weighted by Crippen LogP contribution is -3.06. The first-order chi connectivity index (χ1) is 12.2. The van der Waals surface area contributed by atoms with Crippen LogP contribution in [0.5, 0.6) is 11.5 Å². The number of quaternary nitrogens is 1. The van der Waals surface area contributed by atoms with Gasteiger partial charge < -0.3 is 9.64 Å². The standard InChI is InChI=1S/C17H21N3O5S/c1-13-5-4-6-14(11-13)25-17-8-7-15(12-16(17)20(21)22)26(23,24)18-9-10-19(2)3/h4-8,11-12,18H,9-10H2,1-3H3/p+1. The quantitative estimate of drug-likeness (QED) is 0.528. The van der Waals surface area contributed by atoms with Crippen molar-refractivity contribution in [3.8, 4) is 11.5 Å². The first kappa shape index (κ1) is 19.8. The molecule has 0 radical (unpaired) electrons. The van der Waals surface area contributed by atoms with Crippen LogP contribution in [0.25, 0.3) is 0 Å². The maximum Gasteiger partial charge on any atom is 0.312 e. The predicted molar refractivity (Wildman–Crippen MR) is 97.2 cm³/mol. The first-order valence-electron chi connectivity index (χ1n) is 8.01. The van der Waals surface area contributed by atoms with Crippen LogP contribution in [0.1, 0.15) is 5.56 Å². The predicted octanol–water partition coefficient (Wildman–Crippen LogP) is 1.12. The average Bonchev–Trinajstić information content (AvgIpc) is 2.54. The van der Waals surface area contributed by atoms with E-state index in [9.17, 15) is 18.5 Å². The summed E-state index contributed by atoms with van der Waals surface area (Å²) in [6.07, 6.45) is 0. The van der Waals surface area contributed by atoms with Gasteiger partial charge in [-0.1, -0.05) is 12.1 Å². The van der Waals surface area contributed by atoms with E-state index in [4.69, 9.17) is 4.74 Å². The van der Waals surface area contributed by atoms with Crippen molar-refractivity contribution in [2.24, 2.45) is 0 Å². The van der Waals surface area contributed by atoms with Crippen LogP contribution in [-0.4, -0.2) is 40.5 Å². The number of nitro benzene ring substituents is 1. The van der Waals surface area contributed by atoms with Gasteiger partial charge in [0, 0.05) is 6.07 Å². The van der Waals surface area contributed by atoms with E-state index in [0.29, 0.717) is 12.3 Å². The molecule has 8 nitrogen and oxygen atoms in total. The van der Waals surface area contributed by atoms with Crippen molar-refractivity contribution in [3.05, 3.63) is 58.1 Å². The number of hydrogen-bond acceptors (Lipinski definition) is 5. The molecule has 0 fully saturated rings. The van der Waals surface area contributed by atoms with Gasteiger partial charge in [0.1, 0.15) is 5.75 Å². The molecule has 0 bridgehead atoms. The molecule has 0 spiro atoms. The fourth-order valence-corrected chi connectivity index (χ4v) is 3.27. The zero-order valence-corrected chi connectivity index (χ0v) is 15.7. The van der Waals surface area contributed by atoms with Gasteiger partial charge in [0.2, 0.25) is 15.8 Å². The van der Waals surface area contributed by atoms with Crippen LogP contribution < -0.4 is 14.4 Å². The molecular weight excluding hydrogens is 358 g/mol. The van der Waals surface area contributed by atoms with Gasteiger partial charge >= 0.3 is 5.69 Å². The third-order valence-corrected chi connectivity index (χ3v) is 5.03. The largest absolute Gasteiger partial charge is 0.450 e. The molecule has 2 aromatic rings. The molecule has 140 valence electrons. The number of likely N-dealkylation sites (N-methyl/N-ethyl adjacent to an activating group) is 1. The number of hydrogen-bond donors (Lipinski definition) is 2. The summed E-state index contributed by atoms with van der Waals surface area (Å²) in [7, 11) is -0.0329. The molecule has 0 amide bonds. The molecule has 0 saturated carbocycles. The second-order valence-electron chi connectivity index (χ2n) is 6.16. The summed E-state index contributed by atoms with van der Waals surface area (Å²) < 4.78 is 32.6. The Morgan fingerprint density at radius 1 is 1.19 bits per heavy atom. The molecule has 2 aromatic carbocycles. The Morgan fingerprint density at radius 2 is 1.92 bits per heavy atom. The Bertz CT molecular complexity index is 897. The average molecular weight is 380 g/mol. The number of benzene rings is 2. The molecule has 0 heterocycles. The number of sulfonamides is 1. The van der Waals surface area contributed by atoms with Gasteiger partial charge in [0.25, 0.3) is 0 Å². The van der Waals surface area contributed by atoms with E-state index in [1.807, 2.05) is 27.1 Å². The minimum atomic E-state index is -3.83. The molecule has 0 unspecified atom stereocenters. The van der Waals surface area contributed by atoms with Gasteiger partial charge in [0.15, 0.2) is 0 Å². The SMILES string of the molecule is Cc1cccc(Oc2ccc(S(=O)(=O)NCC[NH+](C)C)cc2[N+](=O)[O-])c1. The van der Waals surface area contributed by atoms with Crippen LogP contribution in [0.15, 0.2) is 47.4 Å². The topological polar surface area (TPSA) is 103 Å². The summed E-state index contributed by atoms with van der Waals surface area (Å²) in [4.78, 5) is 11.6. The van der Waals surface area contributed by atoms with Crippen molar-refractivity contribution in [2.45, 2.75) is 11.8 Å². The van der Waals surface area contributed by atoms with Crippen LogP contribution in [0, 0.1) is 17.0 Å².